The van der Waals surface area contributed by atoms with Crippen LogP contribution in [0.4, 0.5) is 0 Å². The number of imidazole rings is 1. The van der Waals surface area contributed by atoms with Crippen LogP contribution in [0.3, 0.4) is 0 Å². The quantitative estimate of drug-likeness (QED) is 0.678. The summed E-state index contributed by atoms with van der Waals surface area (Å²) in [5.74, 6) is -0.102. The minimum atomic E-state index is -3.44. The first-order valence-electron chi connectivity index (χ1n) is 7.01. The van der Waals surface area contributed by atoms with E-state index in [0.29, 0.717) is 25.0 Å². The lowest BCUT2D eigenvalue weighted by molar-refractivity contribution is 0.409. The zero-order valence-corrected chi connectivity index (χ0v) is 13.8. The number of thiazole rings is 1. The van der Waals surface area contributed by atoms with Gasteiger partial charge in [-0.15, -0.1) is 0 Å². The molecule has 7 nitrogen and oxygen atoms in total. The Bertz CT molecular complexity index is 985. The standard InChI is InChI=1S/C14H15N3O4S2/c18-12-10-22-14(19)17(12)7-1-2-9-23(20,21)13-5-3-4-11-15-6-8-16(11)13/h3-6,8,10,18H,1-2,7,9H2. The highest BCUT2D eigenvalue weighted by molar-refractivity contribution is 7.91. The van der Waals surface area contributed by atoms with Crippen molar-refractivity contribution >= 4 is 26.8 Å². The molecule has 0 spiro atoms. The summed E-state index contributed by atoms with van der Waals surface area (Å²) < 4.78 is 27.7. The van der Waals surface area contributed by atoms with Gasteiger partial charge < -0.3 is 5.11 Å². The Morgan fingerprint density at radius 2 is 2.09 bits per heavy atom. The molecule has 3 rings (SSSR count). The summed E-state index contributed by atoms with van der Waals surface area (Å²) in [4.78, 5) is 15.3. The summed E-state index contributed by atoms with van der Waals surface area (Å²) in [5.41, 5.74) is 0.584. The summed E-state index contributed by atoms with van der Waals surface area (Å²) in [6.45, 7) is 0.305. The maximum atomic E-state index is 12.5. The minimum Gasteiger partial charge on any atom is -0.494 e. The Morgan fingerprint density at radius 1 is 1.26 bits per heavy atom. The molecule has 0 aliphatic rings. The number of rotatable bonds is 6. The van der Waals surface area contributed by atoms with Gasteiger partial charge in [0.25, 0.3) is 0 Å². The molecule has 1 N–H and O–H groups in total. The van der Waals surface area contributed by atoms with E-state index in [2.05, 4.69) is 4.98 Å². The van der Waals surface area contributed by atoms with Crippen LogP contribution in [0.15, 0.2) is 45.8 Å². The molecule has 0 unspecified atom stereocenters. The molecule has 0 amide bonds. The molecule has 0 saturated carbocycles. The molecule has 0 aliphatic carbocycles. The summed E-state index contributed by atoms with van der Waals surface area (Å²) in [7, 11) is -3.44. The van der Waals surface area contributed by atoms with E-state index in [0.717, 1.165) is 11.3 Å². The highest BCUT2D eigenvalue weighted by atomic mass is 32.2. The van der Waals surface area contributed by atoms with Gasteiger partial charge in [0.2, 0.25) is 5.88 Å². The second-order valence-corrected chi connectivity index (χ2v) is 7.93. The fourth-order valence-electron chi connectivity index (χ4n) is 2.37. The summed E-state index contributed by atoms with van der Waals surface area (Å²) in [6.07, 6.45) is 4.06. The van der Waals surface area contributed by atoms with E-state index >= 15 is 0 Å². The van der Waals surface area contributed by atoms with Gasteiger partial charge >= 0.3 is 4.87 Å². The largest absolute Gasteiger partial charge is 0.494 e. The van der Waals surface area contributed by atoms with Crippen molar-refractivity contribution in [3.63, 3.8) is 0 Å². The molecule has 0 fully saturated rings. The molecule has 122 valence electrons. The van der Waals surface area contributed by atoms with Gasteiger partial charge in [-0.25, -0.2) is 13.4 Å². The van der Waals surface area contributed by atoms with Crippen molar-refractivity contribution in [3.05, 3.63) is 45.6 Å². The van der Waals surface area contributed by atoms with Crippen molar-refractivity contribution in [3.8, 4) is 5.88 Å². The average Bonchev–Trinajstić information content (AvgIpc) is 3.11. The molecule has 3 aromatic heterocycles. The maximum Gasteiger partial charge on any atom is 0.309 e. The predicted octanol–water partition coefficient (Wildman–Crippen LogP) is 1.52. The van der Waals surface area contributed by atoms with E-state index in [-0.39, 0.29) is 21.5 Å². The van der Waals surface area contributed by atoms with Gasteiger partial charge in [-0.05, 0) is 25.0 Å². The van der Waals surface area contributed by atoms with Crippen molar-refractivity contribution in [1.82, 2.24) is 14.0 Å². The Balaban J connectivity index is 1.68. The molecule has 9 heteroatoms. The molecule has 0 saturated heterocycles. The zero-order valence-electron chi connectivity index (χ0n) is 12.1. The number of fused-ring (bicyclic) bond motifs is 1. The first-order valence-corrected chi connectivity index (χ1v) is 9.54. The maximum absolute atomic E-state index is 12.5. The third-order valence-corrected chi connectivity index (χ3v) is 6.06. The Labute approximate surface area is 136 Å². The lowest BCUT2D eigenvalue weighted by Crippen LogP contribution is -2.15. The number of nitrogens with zero attached hydrogens (tertiary/aromatic N) is 3. The average molecular weight is 353 g/mol. The van der Waals surface area contributed by atoms with Crippen LogP contribution in [0, 0.1) is 0 Å². The van der Waals surface area contributed by atoms with Crippen LogP contribution in [0.1, 0.15) is 12.8 Å². The predicted molar refractivity (Wildman–Crippen MR) is 86.7 cm³/mol. The molecule has 0 atom stereocenters. The van der Waals surface area contributed by atoms with E-state index in [1.165, 1.54) is 9.95 Å². The molecular formula is C14H15N3O4S2. The van der Waals surface area contributed by atoms with Gasteiger partial charge in [0.1, 0.15) is 10.7 Å². The minimum absolute atomic E-state index is 0.0239. The molecular weight excluding hydrogens is 338 g/mol. The second kappa shape index (κ2) is 6.17. The number of pyridine rings is 1. The molecule has 3 aromatic rings. The topological polar surface area (TPSA) is 93.7 Å². The first-order chi connectivity index (χ1) is 11.0. The number of aromatic nitrogens is 3. The zero-order chi connectivity index (χ0) is 16.4. The molecule has 3 heterocycles. The van der Waals surface area contributed by atoms with Crippen LogP contribution >= 0.6 is 11.3 Å². The van der Waals surface area contributed by atoms with Gasteiger partial charge in [0.05, 0.1) is 11.1 Å². The highest BCUT2D eigenvalue weighted by Crippen LogP contribution is 2.16. The van der Waals surface area contributed by atoms with E-state index in [1.807, 2.05) is 0 Å². The fraction of sp³-hybridized carbons (Fsp3) is 0.286. The number of aromatic hydroxyl groups is 1. The summed E-state index contributed by atoms with van der Waals surface area (Å²) >= 11 is 0.923. The Hall–Kier alpha value is -2.13. The van der Waals surface area contributed by atoms with Gasteiger partial charge in [-0.3, -0.25) is 13.8 Å². The van der Waals surface area contributed by atoms with E-state index in [9.17, 15) is 18.3 Å². The molecule has 0 aliphatic heterocycles. The van der Waals surface area contributed by atoms with Crippen LogP contribution < -0.4 is 4.87 Å². The van der Waals surface area contributed by atoms with Crippen LogP contribution in [0.5, 0.6) is 5.88 Å². The van der Waals surface area contributed by atoms with Crippen molar-refractivity contribution in [2.24, 2.45) is 0 Å². The molecule has 0 bridgehead atoms. The van der Waals surface area contributed by atoms with E-state index in [1.54, 1.807) is 35.0 Å². The molecule has 0 radical (unpaired) electrons. The number of hydrogen-bond acceptors (Lipinski definition) is 6. The lowest BCUT2D eigenvalue weighted by atomic mass is 10.3. The van der Waals surface area contributed by atoms with Crippen molar-refractivity contribution in [2.75, 3.05) is 5.75 Å². The Kier molecular flexibility index (Phi) is 4.22. The van der Waals surface area contributed by atoms with Gasteiger partial charge in [-0.2, -0.15) is 0 Å². The smallest absolute Gasteiger partial charge is 0.309 e. The lowest BCUT2D eigenvalue weighted by Gasteiger charge is -2.07. The van der Waals surface area contributed by atoms with E-state index in [4.69, 9.17) is 0 Å². The monoisotopic (exact) mass is 353 g/mol. The van der Waals surface area contributed by atoms with Crippen LogP contribution in [-0.4, -0.2) is 33.2 Å². The summed E-state index contributed by atoms with van der Waals surface area (Å²) in [6, 6.07) is 4.96. The fourth-order valence-corrected chi connectivity index (χ4v) is 4.55. The molecule has 0 aromatic carbocycles. The Morgan fingerprint density at radius 3 is 2.83 bits per heavy atom. The number of hydrogen-bond donors (Lipinski definition) is 1. The van der Waals surface area contributed by atoms with Crippen molar-refractivity contribution in [2.45, 2.75) is 24.4 Å². The third kappa shape index (κ3) is 3.15. The van der Waals surface area contributed by atoms with Crippen molar-refractivity contribution < 1.29 is 13.5 Å². The third-order valence-electron chi connectivity index (χ3n) is 3.52. The van der Waals surface area contributed by atoms with Gasteiger partial charge in [0, 0.05) is 18.9 Å². The van der Waals surface area contributed by atoms with E-state index < -0.39 is 9.84 Å². The highest BCUT2D eigenvalue weighted by Gasteiger charge is 2.17. The van der Waals surface area contributed by atoms with Crippen LogP contribution in [0.2, 0.25) is 0 Å². The first kappa shape index (κ1) is 15.8. The number of unbranched alkanes of at least 4 members (excludes halogenated alkanes) is 1. The van der Waals surface area contributed by atoms with Gasteiger partial charge in [-0.1, -0.05) is 17.4 Å². The van der Waals surface area contributed by atoms with Crippen LogP contribution in [0.25, 0.3) is 5.65 Å². The molecule has 23 heavy (non-hydrogen) atoms. The van der Waals surface area contributed by atoms with Crippen molar-refractivity contribution in [1.29, 1.82) is 0 Å². The SMILES string of the molecule is O=c1scc(O)n1CCCCS(=O)(=O)c1cccc2nccn12. The second-order valence-electron chi connectivity index (χ2n) is 5.06. The number of sulfone groups is 1. The van der Waals surface area contributed by atoms with Gasteiger partial charge in [0.15, 0.2) is 9.84 Å². The summed E-state index contributed by atoms with van der Waals surface area (Å²) in [5, 5.41) is 11.1. The van der Waals surface area contributed by atoms with Crippen LogP contribution in [-0.2, 0) is 16.4 Å². The normalized spacial score (nSPS) is 12.0.